The summed E-state index contributed by atoms with van der Waals surface area (Å²) in [6.07, 6.45) is -0.332. The Kier molecular flexibility index (Phi) is 10.7. The maximum absolute atomic E-state index is 13.7. The van der Waals surface area contributed by atoms with E-state index in [0.717, 1.165) is 69.4 Å². The molecule has 3 atom stereocenters. The SMILES string of the molecule is Cc1nc(Oc2ccc(C(=O)OC(=O)C(F)(F)F)cc2)nc(C)c1C(=O)N1CC2CN(CC[C@H](NC(=O)C3CCCC3)c3ccccc3)CC2C1. The number of nitrogens with zero attached hydrogens (tertiary/aromatic N) is 4. The minimum atomic E-state index is -5.29. The molecule has 14 heteroatoms. The zero-order valence-corrected chi connectivity index (χ0v) is 28.4. The Morgan fingerprint density at radius 2 is 1.49 bits per heavy atom. The predicted molar refractivity (Wildman–Crippen MR) is 178 cm³/mol. The van der Waals surface area contributed by atoms with Crippen LogP contribution in [0.25, 0.3) is 0 Å². The van der Waals surface area contributed by atoms with Crippen molar-refractivity contribution >= 4 is 23.8 Å². The van der Waals surface area contributed by atoms with Crippen LogP contribution in [0.2, 0.25) is 0 Å². The third kappa shape index (κ3) is 8.55. The summed E-state index contributed by atoms with van der Waals surface area (Å²) in [6.45, 7) is 7.25. The van der Waals surface area contributed by atoms with E-state index in [0.29, 0.717) is 41.9 Å². The van der Waals surface area contributed by atoms with Crippen molar-refractivity contribution in [1.82, 2.24) is 25.1 Å². The summed E-state index contributed by atoms with van der Waals surface area (Å²) < 4.78 is 46.7. The van der Waals surface area contributed by atoms with E-state index in [-0.39, 0.29) is 41.1 Å². The Hall–Kier alpha value is -4.85. The van der Waals surface area contributed by atoms with Crippen molar-refractivity contribution in [2.45, 2.75) is 58.2 Å². The number of alkyl halides is 3. The monoisotopic (exact) mass is 707 g/mol. The molecular formula is C37H40F3N5O6. The van der Waals surface area contributed by atoms with E-state index >= 15 is 0 Å². The third-order valence-corrected chi connectivity index (χ3v) is 10.0. The van der Waals surface area contributed by atoms with Gasteiger partial charge in [-0.15, -0.1) is 0 Å². The van der Waals surface area contributed by atoms with Crippen LogP contribution in [0, 0.1) is 31.6 Å². The summed E-state index contributed by atoms with van der Waals surface area (Å²) in [5.41, 5.74) is 2.09. The minimum absolute atomic E-state index is 0.0440. The van der Waals surface area contributed by atoms with Gasteiger partial charge in [0.15, 0.2) is 0 Å². The molecule has 2 aliphatic heterocycles. The van der Waals surface area contributed by atoms with E-state index in [4.69, 9.17) is 4.74 Å². The number of nitrogens with one attached hydrogen (secondary N) is 1. The molecule has 1 aliphatic carbocycles. The van der Waals surface area contributed by atoms with Crippen LogP contribution < -0.4 is 10.1 Å². The molecule has 2 unspecified atom stereocenters. The first kappa shape index (κ1) is 36.0. The summed E-state index contributed by atoms with van der Waals surface area (Å²) in [6, 6.07) is 14.9. The van der Waals surface area contributed by atoms with Gasteiger partial charge in [-0.25, -0.2) is 9.59 Å². The number of benzene rings is 2. The number of hydrogen-bond acceptors (Lipinski definition) is 9. The van der Waals surface area contributed by atoms with Gasteiger partial charge in [-0.3, -0.25) is 9.59 Å². The number of rotatable bonds is 10. The van der Waals surface area contributed by atoms with E-state index in [1.807, 2.05) is 23.1 Å². The number of ether oxygens (including phenoxy) is 2. The van der Waals surface area contributed by atoms with E-state index in [1.54, 1.807) is 13.8 Å². The lowest BCUT2D eigenvalue weighted by atomic mass is 10.0. The number of esters is 2. The molecule has 51 heavy (non-hydrogen) atoms. The van der Waals surface area contributed by atoms with Crippen molar-refractivity contribution in [3.63, 3.8) is 0 Å². The predicted octanol–water partition coefficient (Wildman–Crippen LogP) is 5.57. The van der Waals surface area contributed by atoms with Crippen LogP contribution in [-0.4, -0.2) is 82.4 Å². The molecule has 2 amide bonds. The van der Waals surface area contributed by atoms with Gasteiger partial charge in [0.2, 0.25) is 5.91 Å². The Morgan fingerprint density at radius 1 is 0.882 bits per heavy atom. The second-order valence-electron chi connectivity index (χ2n) is 13.6. The topological polar surface area (TPSA) is 131 Å². The molecule has 3 aliphatic rings. The zero-order chi connectivity index (χ0) is 36.3. The Labute approximate surface area is 293 Å². The van der Waals surface area contributed by atoms with Crippen LogP contribution >= 0.6 is 0 Å². The average molecular weight is 708 g/mol. The fourth-order valence-electron chi connectivity index (χ4n) is 7.40. The largest absolute Gasteiger partial charge is 0.491 e. The second kappa shape index (κ2) is 15.2. The van der Waals surface area contributed by atoms with Crippen molar-refractivity contribution in [2.75, 3.05) is 32.7 Å². The quantitative estimate of drug-likeness (QED) is 0.212. The van der Waals surface area contributed by atoms with Gasteiger partial charge in [-0.1, -0.05) is 43.2 Å². The maximum Gasteiger partial charge on any atom is 0.491 e. The van der Waals surface area contributed by atoms with Crippen molar-refractivity contribution < 1.29 is 41.8 Å². The molecule has 0 bridgehead atoms. The number of likely N-dealkylation sites (tertiary alicyclic amines) is 2. The first-order valence-corrected chi connectivity index (χ1v) is 17.2. The number of aromatic nitrogens is 2. The van der Waals surface area contributed by atoms with Crippen LogP contribution in [0.5, 0.6) is 11.8 Å². The summed E-state index contributed by atoms with van der Waals surface area (Å²) in [5.74, 6) is -3.08. The van der Waals surface area contributed by atoms with Gasteiger partial charge in [-0.05, 0) is 74.8 Å². The molecule has 1 N–H and O–H groups in total. The van der Waals surface area contributed by atoms with Crippen molar-refractivity contribution in [3.8, 4) is 11.8 Å². The van der Waals surface area contributed by atoms with Crippen molar-refractivity contribution in [3.05, 3.63) is 82.7 Å². The van der Waals surface area contributed by atoms with Crippen molar-refractivity contribution in [2.24, 2.45) is 17.8 Å². The fraction of sp³-hybridized carbons (Fsp3) is 0.459. The lowest BCUT2D eigenvalue weighted by molar-refractivity contribution is -0.193. The molecule has 6 rings (SSSR count). The lowest BCUT2D eigenvalue weighted by Crippen LogP contribution is -2.37. The van der Waals surface area contributed by atoms with Crippen LogP contribution in [-0.2, 0) is 14.3 Å². The maximum atomic E-state index is 13.7. The lowest BCUT2D eigenvalue weighted by Gasteiger charge is -2.26. The average Bonchev–Trinajstić information content (AvgIpc) is 3.85. The molecule has 1 aromatic heterocycles. The number of fused-ring (bicyclic) bond motifs is 1. The molecule has 2 aromatic carbocycles. The molecule has 0 radical (unpaired) electrons. The first-order valence-electron chi connectivity index (χ1n) is 17.2. The van der Waals surface area contributed by atoms with Gasteiger partial charge < -0.3 is 24.6 Å². The fourth-order valence-corrected chi connectivity index (χ4v) is 7.40. The van der Waals surface area contributed by atoms with Crippen LogP contribution in [0.4, 0.5) is 13.2 Å². The van der Waals surface area contributed by atoms with E-state index in [1.165, 1.54) is 12.1 Å². The molecular weight excluding hydrogens is 667 g/mol. The van der Waals surface area contributed by atoms with Gasteiger partial charge in [0, 0.05) is 38.6 Å². The summed E-state index contributed by atoms with van der Waals surface area (Å²) >= 11 is 0. The minimum Gasteiger partial charge on any atom is -0.424 e. The van der Waals surface area contributed by atoms with E-state index in [9.17, 15) is 32.3 Å². The Morgan fingerprint density at radius 3 is 2.08 bits per heavy atom. The molecule has 1 saturated carbocycles. The number of halogens is 3. The van der Waals surface area contributed by atoms with Gasteiger partial charge in [-0.2, -0.15) is 23.1 Å². The number of hydrogen-bond donors (Lipinski definition) is 1. The Balaban J connectivity index is 1.02. The number of amides is 2. The van der Waals surface area contributed by atoms with Gasteiger partial charge in [0.25, 0.3) is 5.91 Å². The molecule has 3 aromatic rings. The molecule has 3 fully saturated rings. The van der Waals surface area contributed by atoms with Gasteiger partial charge in [0.05, 0.1) is 28.6 Å². The van der Waals surface area contributed by atoms with Crippen LogP contribution in [0.1, 0.15) is 75.8 Å². The second-order valence-corrected chi connectivity index (χ2v) is 13.6. The number of carbonyl (C=O) groups excluding carboxylic acids is 4. The first-order chi connectivity index (χ1) is 24.4. The van der Waals surface area contributed by atoms with Crippen LogP contribution in [0.15, 0.2) is 54.6 Å². The van der Waals surface area contributed by atoms with E-state index < -0.39 is 18.1 Å². The molecule has 11 nitrogen and oxygen atoms in total. The van der Waals surface area contributed by atoms with Crippen molar-refractivity contribution in [1.29, 1.82) is 0 Å². The number of aryl methyl sites for hydroxylation is 2. The molecule has 270 valence electrons. The highest BCUT2D eigenvalue weighted by molar-refractivity contribution is 5.98. The van der Waals surface area contributed by atoms with Gasteiger partial charge in [0.1, 0.15) is 5.75 Å². The standard InChI is InChI=1S/C37H40F3N5O6/c1-22-31(23(2)42-36(41-22)50-29-14-12-26(13-15-29)34(48)51-35(49)37(38,39)40)33(47)45-20-27-18-44(19-28(27)21-45)17-16-30(24-8-4-3-5-9-24)43-32(46)25-10-6-7-11-25/h3-5,8-9,12-15,25,27-28,30H,6-7,10-11,16-21H2,1-2H3,(H,43,46)/t27?,28?,30-/m0/s1. The highest BCUT2D eigenvalue weighted by atomic mass is 19.4. The number of carbonyl (C=O) groups is 4. The summed E-state index contributed by atoms with van der Waals surface area (Å²) in [4.78, 5) is 62.5. The summed E-state index contributed by atoms with van der Waals surface area (Å²) in [7, 11) is 0. The molecule has 2 saturated heterocycles. The highest BCUT2D eigenvalue weighted by Gasteiger charge is 2.43. The van der Waals surface area contributed by atoms with E-state index in [2.05, 4.69) is 37.1 Å². The smallest absolute Gasteiger partial charge is 0.424 e. The zero-order valence-electron chi connectivity index (χ0n) is 28.4. The van der Waals surface area contributed by atoms with Gasteiger partial charge >= 0.3 is 24.1 Å². The van der Waals surface area contributed by atoms with Crippen LogP contribution in [0.3, 0.4) is 0 Å². The third-order valence-electron chi connectivity index (χ3n) is 10.0. The highest BCUT2D eigenvalue weighted by Crippen LogP contribution is 2.34. The molecule has 0 spiro atoms. The Bertz CT molecular complexity index is 1730. The summed E-state index contributed by atoms with van der Waals surface area (Å²) in [5, 5.41) is 3.34. The molecule has 3 heterocycles. The normalized spacial score (nSPS) is 19.8.